The van der Waals surface area contributed by atoms with Crippen LogP contribution < -0.4 is 5.32 Å². The van der Waals surface area contributed by atoms with E-state index < -0.39 is 0 Å². The summed E-state index contributed by atoms with van der Waals surface area (Å²) in [7, 11) is 0. The Morgan fingerprint density at radius 2 is 2.46 bits per heavy atom. The molecule has 1 unspecified atom stereocenters. The lowest BCUT2D eigenvalue weighted by atomic mass is 10.1. The van der Waals surface area contributed by atoms with Gasteiger partial charge in [-0.2, -0.15) is 0 Å². The Morgan fingerprint density at radius 1 is 1.77 bits per heavy atom. The zero-order valence-electron chi connectivity index (χ0n) is 7.70. The molecule has 0 bridgehead atoms. The highest BCUT2D eigenvalue weighted by atomic mass is 16.5. The van der Waals surface area contributed by atoms with Crippen LogP contribution in [-0.4, -0.2) is 11.1 Å². The van der Waals surface area contributed by atoms with Gasteiger partial charge in [-0.15, -0.1) is 0 Å². The van der Waals surface area contributed by atoms with Crippen molar-refractivity contribution in [1.82, 2.24) is 5.16 Å². The summed E-state index contributed by atoms with van der Waals surface area (Å²) in [6, 6.07) is 0. The van der Waals surface area contributed by atoms with Crippen molar-refractivity contribution < 1.29 is 9.32 Å². The minimum absolute atomic E-state index is 0.0631. The Bertz CT molecular complexity index is 316. The van der Waals surface area contributed by atoms with Crippen LogP contribution >= 0.6 is 0 Å². The van der Waals surface area contributed by atoms with E-state index in [1.807, 2.05) is 0 Å². The number of aromatic nitrogens is 1. The maximum absolute atomic E-state index is 11.5. The van der Waals surface area contributed by atoms with Crippen molar-refractivity contribution in [2.45, 2.75) is 20.3 Å². The minimum atomic E-state index is 0.0631. The van der Waals surface area contributed by atoms with Crippen LogP contribution in [0.5, 0.6) is 0 Å². The molecule has 70 valence electrons. The summed E-state index contributed by atoms with van der Waals surface area (Å²) >= 11 is 0. The average molecular weight is 180 g/mol. The largest absolute Gasteiger partial charge is 0.363 e. The third kappa shape index (κ3) is 1.56. The molecule has 0 radical (unpaired) electrons. The zero-order chi connectivity index (χ0) is 9.47. The van der Waals surface area contributed by atoms with Crippen molar-refractivity contribution in [2.75, 3.05) is 5.32 Å². The van der Waals surface area contributed by atoms with Gasteiger partial charge in [-0.25, -0.2) is 0 Å². The molecule has 4 nitrogen and oxygen atoms in total. The van der Waals surface area contributed by atoms with Crippen molar-refractivity contribution in [2.24, 2.45) is 11.3 Å². The van der Waals surface area contributed by atoms with Crippen molar-refractivity contribution in [3.8, 4) is 0 Å². The molecular weight excluding hydrogens is 168 g/mol. The number of amides is 1. The summed E-state index contributed by atoms with van der Waals surface area (Å²) < 4.78 is 4.60. The second-order valence-electron chi connectivity index (χ2n) is 4.15. The number of carbonyl (C=O) groups is 1. The predicted octanol–water partition coefficient (Wildman–Crippen LogP) is 1.66. The lowest BCUT2D eigenvalue weighted by molar-refractivity contribution is -0.118. The molecule has 1 heterocycles. The standard InChI is InChI=1S/C9H12N2O2/c1-9(2)3-7(9)8(12)11-6-4-10-13-5-6/h4-5,7H,3H2,1-2H3,(H,11,12). The van der Waals surface area contributed by atoms with Crippen LogP contribution in [-0.2, 0) is 4.79 Å². The molecule has 1 atom stereocenters. The molecule has 1 aliphatic rings. The van der Waals surface area contributed by atoms with Gasteiger partial charge in [-0.05, 0) is 11.8 Å². The van der Waals surface area contributed by atoms with Gasteiger partial charge in [0.2, 0.25) is 5.91 Å². The summed E-state index contributed by atoms with van der Waals surface area (Å²) in [5.41, 5.74) is 0.800. The molecule has 1 saturated carbocycles. The van der Waals surface area contributed by atoms with Crippen LogP contribution in [0.3, 0.4) is 0 Å². The van der Waals surface area contributed by atoms with Gasteiger partial charge in [0, 0.05) is 5.92 Å². The fraction of sp³-hybridized carbons (Fsp3) is 0.556. The zero-order valence-corrected chi connectivity index (χ0v) is 7.70. The van der Waals surface area contributed by atoms with Gasteiger partial charge in [0.1, 0.15) is 12.0 Å². The number of nitrogens with one attached hydrogen (secondary N) is 1. The number of anilines is 1. The Labute approximate surface area is 76.3 Å². The molecule has 13 heavy (non-hydrogen) atoms. The third-order valence-electron chi connectivity index (χ3n) is 2.53. The lowest BCUT2D eigenvalue weighted by Crippen LogP contribution is -2.15. The highest BCUT2D eigenvalue weighted by Crippen LogP contribution is 2.51. The van der Waals surface area contributed by atoms with Gasteiger partial charge in [-0.3, -0.25) is 4.79 Å². The summed E-state index contributed by atoms with van der Waals surface area (Å²) in [6.07, 6.45) is 3.88. The second kappa shape index (κ2) is 2.58. The molecule has 1 aromatic heterocycles. The van der Waals surface area contributed by atoms with E-state index in [9.17, 15) is 4.79 Å². The van der Waals surface area contributed by atoms with Gasteiger partial charge in [0.15, 0.2) is 0 Å². The average Bonchev–Trinajstić information content (AvgIpc) is 2.49. The molecule has 1 aromatic rings. The van der Waals surface area contributed by atoms with Crippen LogP contribution in [0.4, 0.5) is 5.69 Å². The molecule has 0 saturated heterocycles. The third-order valence-corrected chi connectivity index (χ3v) is 2.53. The lowest BCUT2D eigenvalue weighted by Gasteiger charge is -2.02. The molecule has 1 aliphatic carbocycles. The van der Waals surface area contributed by atoms with Crippen LogP contribution in [0.15, 0.2) is 17.0 Å². The Kier molecular flexibility index (Phi) is 1.65. The van der Waals surface area contributed by atoms with E-state index >= 15 is 0 Å². The predicted molar refractivity (Wildman–Crippen MR) is 47.0 cm³/mol. The van der Waals surface area contributed by atoms with E-state index in [4.69, 9.17) is 0 Å². The molecule has 2 rings (SSSR count). The van der Waals surface area contributed by atoms with E-state index in [1.165, 1.54) is 12.5 Å². The molecule has 4 heteroatoms. The Balaban J connectivity index is 1.94. The fourth-order valence-corrected chi connectivity index (χ4v) is 1.41. The number of hydrogen-bond donors (Lipinski definition) is 1. The summed E-state index contributed by atoms with van der Waals surface area (Å²) in [5.74, 6) is 0.204. The first-order valence-corrected chi connectivity index (χ1v) is 4.30. The topological polar surface area (TPSA) is 55.1 Å². The number of nitrogens with zero attached hydrogens (tertiary/aromatic N) is 1. The first kappa shape index (κ1) is 8.29. The number of carbonyl (C=O) groups excluding carboxylic acids is 1. The van der Waals surface area contributed by atoms with E-state index in [0.717, 1.165) is 6.42 Å². The van der Waals surface area contributed by atoms with Crippen molar-refractivity contribution in [1.29, 1.82) is 0 Å². The first-order valence-electron chi connectivity index (χ1n) is 4.30. The minimum Gasteiger partial charge on any atom is -0.363 e. The summed E-state index contributed by atoms with van der Waals surface area (Å²) in [5, 5.41) is 6.25. The van der Waals surface area contributed by atoms with Crippen molar-refractivity contribution in [3.63, 3.8) is 0 Å². The molecular formula is C9H12N2O2. The monoisotopic (exact) mass is 180 g/mol. The van der Waals surface area contributed by atoms with E-state index in [-0.39, 0.29) is 17.2 Å². The van der Waals surface area contributed by atoms with E-state index in [1.54, 1.807) is 0 Å². The quantitative estimate of drug-likeness (QED) is 0.753. The maximum Gasteiger partial charge on any atom is 0.228 e. The molecule has 1 N–H and O–H groups in total. The van der Waals surface area contributed by atoms with Gasteiger partial charge >= 0.3 is 0 Å². The fourth-order valence-electron chi connectivity index (χ4n) is 1.41. The van der Waals surface area contributed by atoms with Gasteiger partial charge in [-0.1, -0.05) is 19.0 Å². The smallest absolute Gasteiger partial charge is 0.228 e. The molecule has 0 aromatic carbocycles. The normalized spacial score (nSPS) is 24.0. The second-order valence-corrected chi connectivity index (χ2v) is 4.15. The Morgan fingerprint density at radius 3 is 2.92 bits per heavy atom. The molecule has 0 spiro atoms. The highest BCUT2D eigenvalue weighted by Gasteiger charge is 2.50. The van der Waals surface area contributed by atoms with Crippen LogP contribution in [0, 0.1) is 11.3 Å². The van der Waals surface area contributed by atoms with Crippen LogP contribution in [0.25, 0.3) is 0 Å². The highest BCUT2D eigenvalue weighted by molar-refractivity contribution is 5.94. The maximum atomic E-state index is 11.5. The van der Waals surface area contributed by atoms with Crippen LogP contribution in [0.2, 0.25) is 0 Å². The number of hydrogen-bond acceptors (Lipinski definition) is 3. The van der Waals surface area contributed by atoms with Crippen LogP contribution in [0.1, 0.15) is 20.3 Å². The van der Waals surface area contributed by atoms with E-state index in [2.05, 4.69) is 28.8 Å². The first-order chi connectivity index (χ1) is 6.09. The summed E-state index contributed by atoms with van der Waals surface area (Å²) in [4.78, 5) is 11.5. The Hall–Kier alpha value is -1.32. The molecule has 1 amide bonds. The van der Waals surface area contributed by atoms with Gasteiger partial charge in [0.25, 0.3) is 0 Å². The van der Waals surface area contributed by atoms with Crippen molar-refractivity contribution in [3.05, 3.63) is 12.5 Å². The van der Waals surface area contributed by atoms with Gasteiger partial charge < -0.3 is 9.84 Å². The summed E-state index contributed by atoms with van der Waals surface area (Å²) in [6.45, 7) is 4.18. The number of rotatable bonds is 2. The van der Waals surface area contributed by atoms with Crippen molar-refractivity contribution >= 4 is 11.6 Å². The molecule has 1 fully saturated rings. The molecule has 0 aliphatic heterocycles. The SMILES string of the molecule is CC1(C)CC1C(=O)Nc1cnoc1. The van der Waals surface area contributed by atoms with E-state index in [0.29, 0.717) is 5.69 Å². The van der Waals surface area contributed by atoms with Gasteiger partial charge in [0.05, 0.1) is 6.20 Å².